The minimum absolute atomic E-state index is 0.280. The first-order chi connectivity index (χ1) is 7.21. The zero-order chi connectivity index (χ0) is 10.5. The molecule has 0 spiro atoms. The molecule has 0 bridgehead atoms. The van der Waals surface area contributed by atoms with Gasteiger partial charge in [-0.25, -0.2) is 0 Å². The standard InChI is InChI=1S/C12H17NO2/c1-12-7-6-11(14)13(12)10-5-3-2-4-9(10)8-15-12/h2-3,9-10H,4-8H2,1H3/t9-,10+,12-/m1/s1. The monoisotopic (exact) mass is 207 g/mol. The van der Waals surface area contributed by atoms with Crippen molar-refractivity contribution in [2.24, 2.45) is 5.92 Å². The molecule has 3 nitrogen and oxygen atoms in total. The third-order valence-corrected chi connectivity index (χ3v) is 4.05. The summed E-state index contributed by atoms with van der Waals surface area (Å²) in [6, 6.07) is 0.392. The zero-order valence-electron chi connectivity index (χ0n) is 9.11. The van der Waals surface area contributed by atoms with Crippen LogP contribution in [-0.4, -0.2) is 29.2 Å². The number of carbonyl (C=O) groups is 1. The lowest BCUT2D eigenvalue weighted by Crippen LogP contribution is -2.59. The maximum atomic E-state index is 11.9. The van der Waals surface area contributed by atoms with Gasteiger partial charge in [0.25, 0.3) is 0 Å². The number of ether oxygens (including phenoxy) is 1. The number of allylic oxidation sites excluding steroid dienone is 1. The van der Waals surface area contributed by atoms with E-state index in [1.165, 1.54) is 0 Å². The highest BCUT2D eigenvalue weighted by Crippen LogP contribution is 2.42. The molecule has 0 unspecified atom stereocenters. The van der Waals surface area contributed by atoms with Gasteiger partial charge in [-0.3, -0.25) is 4.79 Å². The number of amides is 1. The molecule has 1 aliphatic carbocycles. The lowest BCUT2D eigenvalue weighted by atomic mass is 9.86. The van der Waals surface area contributed by atoms with Crippen molar-refractivity contribution in [1.29, 1.82) is 0 Å². The van der Waals surface area contributed by atoms with E-state index in [0.29, 0.717) is 18.4 Å². The minimum atomic E-state index is -0.302. The summed E-state index contributed by atoms with van der Waals surface area (Å²) in [5.41, 5.74) is -0.302. The Kier molecular flexibility index (Phi) is 1.93. The molecule has 0 radical (unpaired) electrons. The largest absolute Gasteiger partial charge is 0.355 e. The molecular formula is C12H17NO2. The molecule has 0 N–H and O–H groups in total. The number of fused-ring (bicyclic) bond motifs is 3. The van der Waals surface area contributed by atoms with E-state index in [4.69, 9.17) is 4.74 Å². The number of hydrogen-bond donors (Lipinski definition) is 0. The van der Waals surface area contributed by atoms with E-state index in [1.54, 1.807) is 0 Å². The van der Waals surface area contributed by atoms with Crippen LogP contribution in [0.15, 0.2) is 12.2 Å². The average molecular weight is 207 g/mol. The molecule has 0 aromatic carbocycles. The molecule has 3 atom stereocenters. The highest BCUT2D eigenvalue weighted by atomic mass is 16.5. The van der Waals surface area contributed by atoms with Gasteiger partial charge in [-0.05, 0) is 19.8 Å². The van der Waals surface area contributed by atoms with Gasteiger partial charge in [0.15, 0.2) is 0 Å². The van der Waals surface area contributed by atoms with Crippen LogP contribution in [0.2, 0.25) is 0 Å². The molecule has 2 saturated heterocycles. The van der Waals surface area contributed by atoms with Crippen molar-refractivity contribution in [1.82, 2.24) is 4.90 Å². The summed E-state index contributed by atoms with van der Waals surface area (Å²) < 4.78 is 5.90. The second kappa shape index (κ2) is 3.08. The van der Waals surface area contributed by atoms with Crippen molar-refractivity contribution in [3.05, 3.63) is 12.2 Å². The van der Waals surface area contributed by atoms with Crippen LogP contribution in [0, 0.1) is 5.92 Å². The van der Waals surface area contributed by atoms with E-state index < -0.39 is 0 Å². The van der Waals surface area contributed by atoms with E-state index in [0.717, 1.165) is 25.9 Å². The lowest BCUT2D eigenvalue weighted by molar-refractivity contribution is -0.201. The van der Waals surface area contributed by atoms with Crippen LogP contribution in [0.25, 0.3) is 0 Å². The van der Waals surface area contributed by atoms with Crippen molar-refractivity contribution in [3.63, 3.8) is 0 Å². The maximum absolute atomic E-state index is 11.9. The highest BCUT2D eigenvalue weighted by molar-refractivity contribution is 5.79. The molecule has 3 heteroatoms. The molecule has 1 amide bonds. The second-order valence-electron chi connectivity index (χ2n) is 5.02. The Morgan fingerprint density at radius 2 is 2.27 bits per heavy atom. The van der Waals surface area contributed by atoms with Gasteiger partial charge in [0.1, 0.15) is 5.72 Å². The summed E-state index contributed by atoms with van der Waals surface area (Å²) in [4.78, 5) is 13.9. The SMILES string of the molecule is C[C@@]12CCC(=O)N1[C@H]1CC=CC[C@@H]1CO2. The van der Waals surface area contributed by atoms with E-state index in [2.05, 4.69) is 19.1 Å². The summed E-state index contributed by atoms with van der Waals surface area (Å²) in [7, 11) is 0. The van der Waals surface area contributed by atoms with Crippen molar-refractivity contribution >= 4 is 5.91 Å². The highest BCUT2D eigenvalue weighted by Gasteiger charge is 2.51. The van der Waals surface area contributed by atoms with Crippen LogP contribution in [0.3, 0.4) is 0 Å². The van der Waals surface area contributed by atoms with Crippen LogP contribution in [-0.2, 0) is 9.53 Å². The van der Waals surface area contributed by atoms with E-state index in [-0.39, 0.29) is 11.6 Å². The predicted octanol–water partition coefficient (Wildman–Crippen LogP) is 1.69. The molecule has 0 saturated carbocycles. The quantitative estimate of drug-likeness (QED) is 0.566. The van der Waals surface area contributed by atoms with Crippen LogP contribution in [0.5, 0.6) is 0 Å². The molecule has 3 rings (SSSR count). The molecule has 82 valence electrons. The molecule has 0 aromatic rings. The molecule has 3 aliphatic rings. The van der Waals surface area contributed by atoms with Gasteiger partial charge in [-0.2, -0.15) is 0 Å². The van der Waals surface area contributed by atoms with Gasteiger partial charge in [-0.1, -0.05) is 12.2 Å². The number of nitrogens with zero attached hydrogens (tertiary/aromatic N) is 1. The third-order valence-electron chi connectivity index (χ3n) is 4.05. The molecule has 2 aliphatic heterocycles. The number of hydrogen-bond acceptors (Lipinski definition) is 2. The van der Waals surface area contributed by atoms with Crippen molar-refractivity contribution < 1.29 is 9.53 Å². The summed E-state index contributed by atoms with van der Waals surface area (Å²) in [6.07, 6.45) is 8.01. The average Bonchev–Trinajstić information content (AvgIpc) is 2.56. The normalized spacial score (nSPS) is 44.1. The fourth-order valence-corrected chi connectivity index (χ4v) is 3.16. The Balaban J connectivity index is 1.94. The summed E-state index contributed by atoms with van der Waals surface area (Å²) in [5, 5.41) is 0. The Morgan fingerprint density at radius 1 is 1.47 bits per heavy atom. The molecular weight excluding hydrogens is 190 g/mol. The molecule has 15 heavy (non-hydrogen) atoms. The second-order valence-corrected chi connectivity index (χ2v) is 5.02. The molecule has 2 heterocycles. The Hall–Kier alpha value is -0.830. The van der Waals surface area contributed by atoms with Gasteiger partial charge < -0.3 is 9.64 Å². The Morgan fingerprint density at radius 3 is 3.13 bits per heavy atom. The zero-order valence-corrected chi connectivity index (χ0v) is 9.11. The topological polar surface area (TPSA) is 29.5 Å². The van der Waals surface area contributed by atoms with Crippen LogP contribution in [0.4, 0.5) is 0 Å². The fourth-order valence-electron chi connectivity index (χ4n) is 3.16. The van der Waals surface area contributed by atoms with Crippen molar-refractivity contribution in [3.8, 4) is 0 Å². The van der Waals surface area contributed by atoms with Crippen LogP contribution in [0.1, 0.15) is 32.6 Å². The van der Waals surface area contributed by atoms with Crippen LogP contribution >= 0.6 is 0 Å². The predicted molar refractivity (Wildman–Crippen MR) is 56.1 cm³/mol. The lowest BCUT2D eigenvalue weighted by Gasteiger charge is -2.49. The Bertz CT molecular complexity index is 326. The van der Waals surface area contributed by atoms with Crippen LogP contribution < -0.4 is 0 Å². The van der Waals surface area contributed by atoms with E-state index >= 15 is 0 Å². The van der Waals surface area contributed by atoms with Crippen molar-refractivity contribution in [2.45, 2.75) is 44.4 Å². The maximum Gasteiger partial charge on any atom is 0.225 e. The summed E-state index contributed by atoms with van der Waals surface area (Å²) >= 11 is 0. The third kappa shape index (κ3) is 1.26. The number of rotatable bonds is 0. The smallest absolute Gasteiger partial charge is 0.225 e. The first-order valence-electron chi connectivity index (χ1n) is 5.82. The van der Waals surface area contributed by atoms with E-state index in [1.807, 2.05) is 4.90 Å². The van der Waals surface area contributed by atoms with Gasteiger partial charge in [0.2, 0.25) is 5.91 Å². The molecule has 0 aromatic heterocycles. The summed E-state index contributed by atoms with van der Waals surface area (Å²) in [6.45, 7) is 2.88. The first-order valence-corrected chi connectivity index (χ1v) is 5.82. The van der Waals surface area contributed by atoms with Gasteiger partial charge in [0, 0.05) is 24.8 Å². The minimum Gasteiger partial charge on any atom is -0.355 e. The van der Waals surface area contributed by atoms with Gasteiger partial charge in [-0.15, -0.1) is 0 Å². The van der Waals surface area contributed by atoms with Crippen molar-refractivity contribution in [2.75, 3.05) is 6.61 Å². The fraction of sp³-hybridized carbons (Fsp3) is 0.750. The van der Waals surface area contributed by atoms with Gasteiger partial charge >= 0.3 is 0 Å². The van der Waals surface area contributed by atoms with E-state index in [9.17, 15) is 4.79 Å². The first kappa shape index (κ1) is 9.40. The molecule has 2 fully saturated rings. The Labute approximate surface area is 90.1 Å². The number of carbonyl (C=O) groups excluding carboxylic acids is 1. The summed E-state index contributed by atoms with van der Waals surface area (Å²) in [5.74, 6) is 0.799. The van der Waals surface area contributed by atoms with Gasteiger partial charge in [0.05, 0.1) is 6.61 Å².